The van der Waals surface area contributed by atoms with Crippen molar-refractivity contribution >= 4 is 33.7 Å². The fourth-order valence-electron chi connectivity index (χ4n) is 2.91. The molecule has 3 aromatic carbocycles. The Morgan fingerprint density at radius 3 is 2.62 bits per heavy atom. The van der Waals surface area contributed by atoms with Crippen LogP contribution in [0.3, 0.4) is 0 Å². The van der Waals surface area contributed by atoms with Gasteiger partial charge in [-0.05, 0) is 42.0 Å². The van der Waals surface area contributed by atoms with Crippen LogP contribution in [0.25, 0.3) is 0 Å². The highest BCUT2D eigenvalue weighted by atomic mass is 79.9. The van der Waals surface area contributed by atoms with Gasteiger partial charge in [-0.2, -0.15) is 5.10 Å². The van der Waals surface area contributed by atoms with Crippen molar-refractivity contribution in [3.63, 3.8) is 0 Å². The first-order valence-electron chi connectivity index (χ1n) is 9.76. The maximum Gasteiger partial charge on any atom is 0.315 e. The molecule has 176 valence electrons. The Morgan fingerprint density at radius 2 is 1.94 bits per heavy atom. The number of phenolic OH excluding ortho intramolecular Hbond substituents is 1. The number of rotatable bonds is 9. The number of nitro benzene ring substituents is 1. The van der Waals surface area contributed by atoms with Crippen molar-refractivity contribution in [1.82, 2.24) is 5.43 Å². The van der Waals surface area contributed by atoms with Gasteiger partial charge in [-0.3, -0.25) is 14.9 Å². The average molecular weight is 530 g/mol. The summed E-state index contributed by atoms with van der Waals surface area (Å²) in [6.07, 6.45) is 1.08. The summed E-state index contributed by atoms with van der Waals surface area (Å²) in [5.41, 5.74) is 2.95. The molecule has 11 heteroatoms. The van der Waals surface area contributed by atoms with E-state index in [1.165, 1.54) is 32.4 Å². The van der Waals surface area contributed by atoms with Crippen LogP contribution in [0.15, 0.2) is 64.2 Å². The first-order chi connectivity index (χ1) is 16.3. The van der Waals surface area contributed by atoms with E-state index in [4.69, 9.17) is 14.2 Å². The van der Waals surface area contributed by atoms with Gasteiger partial charge < -0.3 is 19.3 Å². The maximum absolute atomic E-state index is 12.5. The average Bonchev–Trinajstić information content (AvgIpc) is 2.83. The number of carbonyl (C=O) groups excluding carboxylic acids is 1. The molecule has 0 aliphatic heterocycles. The molecule has 0 radical (unpaired) electrons. The van der Waals surface area contributed by atoms with Gasteiger partial charge in [-0.1, -0.05) is 28.1 Å². The van der Waals surface area contributed by atoms with Crippen molar-refractivity contribution < 1.29 is 29.0 Å². The quantitative estimate of drug-likeness (QED) is 0.238. The molecule has 0 aromatic heterocycles. The predicted octanol–water partition coefficient (Wildman–Crippen LogP) is 4.42. The highest BCUT2D eigenvalue weighted by Crippen LogP contribution is 2.33. The van der Waals surface area contributed by atoms with E-state index in [0.717, 1.165) is 22.3 Å². The number of phenols is 1. The van der Waals surface area contributed by atoms with Crippen LogP contribution < -0.4 is 19.6 Å². The Hall–Kier alpha value is -4.12. The number of amides is 1. The Morgan fingerprint density at radius 1 is 1.15 bits per heavy atom. The number of nitrogens with zero attached hydrogens (tertiary/aromatic N) is 2. The van der Waals surface area contributed by atoms with Crippen LogP contribution in [0.4, 0.5) is 5.69 Å². The minimum atomic E-state index is -0.750. The molecular weight excluding hydrogens is 510 g/mol. The van der Waals surface area contributed by atoms with Crippen LogP contribution in [0.2, 0.25) is 0 Å². The Bertz CT molecular complexity index is 1250. The molecule has 2 N–H and O–H groups in total. The molecule has 0 heterocycles. The lowest BCUT2D eigenvalue weighted by molar-refractivity contribution is -0.385. The van der Waals surface area contributed by atoms with E-state index in [1.54, 1.807) is 6.07 Å². The second-order valence-corrected chi connectivity index (χ2v) is 7.74. The van der Waals surface area contributed by atoms with Gasteiger partial charge in [0.2, 0.25) is 5.75 Å². The van der Waals surface area contributed by atoms with Gasteiger partial charge in [0, 0.05) is 15.6 Å². The van der Waals surface area contributed by atoms with Crippen molar-refractivity contribution in [2.24, 2.45) is 5.10 Å². The second-order valence-electron chi connectivity index (χ2n) is 6.82. The number of aromatic hydroxyl groups is 1. The van der Waals surface area contributed by atoms with Gasteiger partial charge in [0.25, 0.3) is 5.91 Å². The number of methoxy groups -OCH3 is 2. The zero-order valence-electron chi connectivity index (χ0n) is 18.1. The van der Waals surface area contributed by atoms with Gasteiger partial charge >= 0.3 is 5.69 Å². The number of halogens is 1. The van der Waals surface area contributed by atoms with Crippen molar-refractivity contribution in [2.75, 3.05) is 14.2 Å². The number of nitrogens with one attached hydrogen (secondary N) is 1. The monoisotopic (exact) mass is 529 g/mol. The summed E-state index contributed by atoms with van der Waals surface area (Å²) in [7, 11) is 2.79. The number of ether oxygens (including phenoxy) is 3. The highest BCUT2D eigenvalue weighted by molar-refractivity contribution is 9.10. The molecule has 0 spiro atoms. The summed E-state index contributed by atoms with van der Waals surface area (Å²) in [4.78, 5) is 22.8. The first-order valence-corrected chi connectivity index (χ1v) is 10.6. The van der Waals surface area contributed by atoms with Crippen molar-refractivity contribution in [1.29, 1.82) is 0 Å². The minimum Gasteiger partial charge on any atom is -0.502 e. The fraction of sp³-hybridized carbons (Fsp3) is 0.130. The van der Waals surface area contributed by atoms with Gasteiger partial charge in [-0.15, -0.1) is 0 Å². The summed E-state index contributed by atoms with van der Waals surface area (Å²) in [5.74, 6) is -0.202. The molecule has 0 saturated heterocycles. The smallest absolute Gasteiger partial charge is 0.315 e. The van der Waals surface area contributed by atoms with E-state index in [2.05, 4.69) is 26.5 Å². The normalized spacial score (nSPS) is 10.7. The van der Waals surface area contributed by atoms with Crippen LogP contribution >= 0.6 is 15.9 Å². The zero-order chi connectivity index (χ0) is 24.7. The molecule has 0 bridgehead atoms. The summed E-state index contributed by atoms with van der Waals surface area (Å²) >= 11 is 3.41. The molecular formula is C23H20BrN3O7. The molecule has 0 unspecified atom stereocenters. The number of carbonyl (C=O) groups is 1. The van der Waals surface area contributed by atoms with E-state index in [-0.39, 0.29) is 16.9 Å². The molecule has 1 amide bonds. The zero-order valence-corrected chi connectivity index (χ0v) is 19.7. The lowest BCUT2D eigenvalue weighted by Crippen LogP contribution is -2.17. The van der Waals surface area contributed by atoms with Crippen LogP contribution in [0, 0.1) is 10.1 Å². The predicted molar refractivity (Wildman–Crippen MR) is 128 cm³/mol. The first kappa shape index (κ1) is 24.5. The van der Waals surface area contributed by atoms with E-state index in [9.17, 15) is 20.0 Å². The van der Waals surface area contributed by atoms with E-state index < -0.39 is 22.3 Å². The molecule has 3 rings (SSSR count). The largest absolute Gasteiger partial charge is 0.502 e. The van der Waals surface area contributed by atoms with Crippen molar-refractivity contribution in [2.45, 2.75) is 6.61 Å². The Labute approximate surface area is 203 Å². The standard InChI is InChI=1S/C23H20BrN3O7/c1-32-18-9-16(22(28)19(11-18)27(30)31)12-25-26-23(29)15-6-7-20(21(10-15)33-2)34-13-14-4-3-5-17(24)8-14/h3-12,28H,13H2,1-2H3,(H,26,29)/b25-12+. The number of benzene rings is 3. The van der Waals surface area contributed by atoms with Gasteiger partial charge in [0.15, 0.2) is 11.5 Å². The molecule has 0 aliphatic carbocycles. The SMILES string of the molecule is COc1cc(/C=N/NC(=O)c2ccc(OCc3cccc(Br)c3)c(OC)c2)c(O)c([N+](=O)[O-])c1. The van der Waals surface area contributed by atoms with E-state index in [1.807, 2.05) is 24.3 Å². The van der Waals surface area contributed by atoms with Gasteiger partial charge in [0.1, 0.15) is 12.4 Å². The van der Waals surface area contributed by atoms with Crippen molar-refractivity contribution in [3.05, 3.63) is 85.9 Å². The van der Waals surface area contributed by atoms with E-state index in [0.29, 0.717) is 18.1 Å². The number of hydrogen-bond acceptors (Lipinski definition) is 8. The third-order valence-corrected chi connectivity index (χ3v) is 5.10. The third kappa shape index (κ3) is 6.01. The fourth-order valence-corrected chi connectivity index (χ4v) is 3.36. The summed E-state index contributed by atoms with van der Waals surface area (Å²) in [6, 6.07) is 14.7. The summed E-state index contributed by atoms with van der Waals surface area (Å²) < 4.78 is 17.1. The number of hydrazone groups is 1. The maximum atomic E-state index is 12.5. The Kier molecular flexibility index (Phi) is 8.04. The minimum absolute atomic E-state index is 0.000210. The third-order valence-electron chi connectivity index (χ3n) is 4.60. The molecule has 3 aromatic rings. The summed E-state index contributed by atoms with van der Waals surface area (Å²) in [5, 5.41) is 24.9. The molecule has 0 saturated carbocycles. The van der Waals surface area contributed by atoms with Crippen molar-refractivity contribution in [3.8, 4) is 23.0 Å². The van der Waals surface area contributed by atoms with Crippen LogP contribution in [0.1, 0.15) is 21.5 Å². The van der Waals surface area contributed by atoms with Gasteiger partial charge in [-0.25, -0.2) is 5.43 Å². The van der Waals surface area contributed by atoms with E-state index >= 15 is 0 Å². The van der Waals surface area contributed by atoms with Crippen LogP contribution in [-0.4, -0.2) is 36.4 Å². The van der Waals surface area contributed by atoms with Crippen LogP contribution in [0.5, 0.6) is 23.0 Å². The molecule has 0 atom stereocenters. The van der Waals surface area contributed by atoms with Crippen LogP contribution in [-0.2, 0) is 6.61 Å². The number of hydrogen-bond donors (Lipinski definition) is 2. The molecule has 0 aliphatic rings. The topological polar surface area (TPSA) is 133 Å². The second kappa shape index (κ2) is 11.1. The highest BCUT2D eigenvalue weighted by Gasteiger charge is 2.19. The molecule has 34 heavy (non-hydrogen) atoms. The Balaban J connectivity index is 1.71. The molecule has 10 nitrogen and oxygen atoms in total. The van der Waals surface area contributed by atoms with Gasteiger partial charge in [0.05, 0.1) is 31.4 Å². The lowest BCUT2D eigenvalue weighted by atomic mass is 10.1. The number of nitro groups is 1. The summed E-state index contributed by atoms with van der Waals surface area (Å²) in [6.45, 7) is 0.307. The molecule has 0 fully saturated rings. The lowest BCUT2D eigenvalue weighted by Gasteiger charge is -2.12.